The summed E-state index contributed by atoms with van der Waals surface area (Å²) in [5, 5.41) is 4.36. The first kappa shape index (κ1) is 15.3. The van der Waals surface area contributed by atoms with E-state index in [1.165, 1.54) is 63.3 Å². The number of anilines is 1. The normalized spacial score (nSPS) is 22.0. The third kappa shape index (κ3) is 4.41. The van der Waals surface area contributed by atoms with Crippen LogP contribution in [0, 0.1) is 5.92 Å². The number of nitrogens with zero attached hydrogens (tertiary/aromatic N) is 3. The van der Waals surface area contributed by atoms with Gasteiger partial charge in [-0.2, -0.15) is 0 Å². The predicted octanol–water partition coefficient (Wildman–Crippen LogP) is 2.88. The summed E-state index contributed by atoms with van der Waals surface area (Å²) in [5.41, 5.74) is 0. The van der Waals surface area contributed by atoms with Gasteiger partial charge in [0.2, 0.25) is 0 Å². The molecule has 3 heterocycles. The minimum absolute atomic E-state index is 0.929. The van der Waals surface area contributed by atoms with Crippen molar-refractivity contribution in [1.82, 2.24) is 14.8 Å². The topological polar surface area (TPSA) is 31.4 Å². The van der Waals surface area contributed by atoms with E-state index in [1.807, 2.05) is 6.20 Å². The number of hydrogen-bond acceptors (Lipinski definition) is 5. The molecule has 4 nitrogen and oxygen atoms in total. The summed E-state index contributed by atoms with van der Waals surface area (Å²) in [7, 11) is 0. The summed E-state index contributed by atoms with van der Waals surface area (Å²) in [4.78, 5) is 11.1. The summed E-state index contributed by atoms with van der Waals surface area (Å²) in [6, 6.07) is 0. The molecule has 0 radical (unpaired) electrons. The molecule has 21 heavy (non-hydrogen) atoms. The van der Waals surface area contributed by atoms with Crippen LogP contribution in [-0.4, -0.2) is 54.1 Å². The smallest absolute Gasteiger partial charge is 0.182 e. The first-order chi connectivity index (χ1) is 10.3. The van der Waals surface area contributed by atoms with E-state index >= 15 is 0 Å². The standard InChI is InChI=1S/C16H28N4S/c1-2-17-16-18-11-15(21-16)13-20-9-5-14(6-10-20)12-19-7-3-4-8-19/h11,14H,2-10,12-13H2,1H3,(H,17,18). The van der Waals surface area contributed by atoms with Crippen molar-refractivity contribution in [2.24, 2.45) is 5.92 Å². The van der Waals surface area contributed by atoms with Gasteiger partial charge < -0.3 is 10.2 Å². The maximum Gasteiger partial charge on any atom is 0.182 e. The molecule has 1 aromatic rings. The molecule has 3 rings (SSSR count). The SMILES string of the molecule is CCNc1ncc(CN2CCC(CN3CCCC3)CC2)s1. The maximum absolute atomic E-state index is 4.43. The van der Waals surface area contributed by atoms with Crippen LogP contribution in [0.1, 0.15) is 37.5 Å². The minimum atomic E-state index is 0.929. The maximum atomic E-state index is 4.43. The minimum Gasteiger partial charge on any atom is -0.362 e. The molecule has 2 fully saturated rings. The monoisotopic (exact) mass is 308 g/mol. The Kier molecular flexibility index (Phi) is 5.49. The molecule has 118 valence electrons. The van der Waals surface area contributed by atoms with E-state index < -0.39 is 0 Å². The molecule has 2 aliphatic rings. The van der Waals surface area contributed by atoms with E-state index in [0.29, 0.717) is 0 Å². The second kappa shape index (κ2) is 7.56. The molecule has 0 atom stereocenters. The zero-order valence-electron chi connectivity index (χ0n) is 13.2. The number of aromatic nitrogens is 1. The van der Waals surface area contributed by atoms with E-state index in [9.17, 15) is 0 Å². The number of likely N-dealkylation sites (tertiary alicyclic amines) is 2. The molecule has 2 aliphatic heterocycles. The van der Waals surface area contributed by atoms with Crippen LogP contribution < -0.4 is 5.32 Å². The Labute approximate surface area is 132 Å². The van der Waals surface area contributed by atoms with Crippen LogP contribution in [0.5, 0.6) is 0 Å². The number of rotatable bonds is 6. The van der Waals surface area contributed by atoms with Crippen LogP contribution >= 0.6 is 11.3 Å². The van der Waals surface area contributed by atoms with Crippen LogP contribution in [0.25, 0.3) is 0 Å². The van der Waals surface area contributed by atoms with E-state index in [-0.39, 0.29) is 0 Å². The first-order valence-corrected chi connectivity index (χ1v) is 9.28. The van der Waals surface area contributed by atoms with Gasteiger partial charge >= 0.3 is 0 Å². The van der Waals surface area contributed by atoms with Gasteiger partial charge in [-0.25, -0.2) is 4.98 Å². The fourth-order valence-corrected chi connectivity index (χ4v) is 4.41. The van der Waals surface area contributed by atoms with Gasteiger partial charge in [-0.15, -0.1) is 11.3 Å². The number of nitrogens with one attached hydrogen (secondary N) is 1. The van der Waals surface area contributed by atoms with Gasteiger partial charge in [-0.05, 0) is 64.7 Å². The zero-order valence-corrected chi connectivity index (χ0v) is 14.0. The molecule has 0 aromatic carbocycles. The highest BCUT2D eigenvalue weighted by atomic mass is 32.1. The second-order valence-corrected chi connectivity index (χ2v) is 7.50. The predicted molar refractivity (Wildman–Crippen MR) is 90.0 cm³/mol. The van der Waals surface area contributed by atoms with Crippen molar-refractivity contribution in [2.45, 2.75) is 39.2 Å². The second-order valence-electron chi connectivity index (χ2n) is 6.39. The van der Waals surface area contributed by atoms with Gasteiger partial charge in [0.15, 0.2) is 5.13 Å². The lowest BCUT2D eigenvalue weighted by atomic mass is 9.96. The lowest BCUT2D eigenvalue weighted by Crippen LogP contribution is -2.37. The molecule has 1 aromatic heterocycles. The highest BCUT2D eigenvalue weighted by Crippen LogP contribution is 2.24. The molecule has 5 heteroatoms. The van der Waals surface area contributed by atoms with E-state index in [0.717, 1.165) is 24.1 Å². The van der Waals surface area contributed by atoms with Crippen molar-refractivity contribution in [2.75, 3.05) is 44.6 Å². The van der Waals surface area contributed by atoms with Gasteiger partial charge in [0.25, 0.3) is 0 Å². The van der Waals surface area contributed by atoms with Crippen molar-refractivity contribution in [3.8, 4) is 0 Å². The lowest BCUT2D eigenvalue weighted by Gasteiger charge is -2.33. The molecule has 1 N–H and O–H groups in total. The Hall–Kier alpha value is -0.650. The van der Waals surface area contributed by atoms with Crippen molar-refractivity contribution >= 4 is 16.5 Å². The number of thiazole rings is 1. The summed E-state index contributed by atoms with van der Waals surface area (Å²) < 4.78 is 0. The Morgan fingerprint density at radius 2 is 1.95 bits per heavy atom. The van der Waals surface area contributed by atoms with Crippen LogP contribution in [0.15, 0.2) is 6.20 Å². The molecule has 0 spiro atoms. The summed E-state index contributed by atoms with van der Waals surface area (Å²) in [6.07, 6.45) is 7.61. The van der Waals surface area contributed by atoms with Crippen LogP contribution in [-0.2, 0) is 6.54 Å². The van der Waals surface area contributed by atoms with Gasteiger partial charge in [0, 0.05) is 30.7 Å². The van der Waals surface area contributed by atoms with Crippen LogP contribution in [0.3, 0.4) is 0 Å². The average molecular weight is 308 g/mol. The molecular formula is C16H28N4S. The summed E-state index contributed by atoms with van der Waals surface area (Å²) >= 11 is 1.81. The molecule has 2 saturated heterocycles. The molecule has 0 unspecified atom stereocenters. The quantitative estimate of drug-likeness (QED) is 0.875. The van der Waals surface area contributed by atoms with Gasteiger partial charge in [-0.1, -0.05) is 0 Å². The van der Waals surface area contributed by atoms with Crippen LogP contribution in [0.4, 0.5) is 5.13 Å². The molecular weight excluding hydrogens is 280 g/mol. The van der Waals surface area contributed by atoms with E-state index in [2.05, 4.69) is 27.0 Å². The van der Waals surface area contributed by atoms with Crippen molar-refractivity contribution in [1.29, 1.82) is 0 Å². The molecule has 0 aliphatic carbocycles. The fraction of sp³-hybridized carbons (Fsp3) is 0.812. The number of piperidine rings is 1. The zero-order chi connectivity index (χ0) is 14.5. The molecule has 0 saturated carbocycles. The van der Waals surface area contributed by atoms with Crippen LogP contribution in [0.2, 0.25) is 0 Å². The highest BCUT2D eigenvalue weighted by molar-refractivity contribution is 7.15. The van der Waals surface area contributed by atoms with E-state index in [4.69, 9.17) is 0 Å². The Bertz CT molecular complexity index is 420. The third-order valence-electron chi connectivity index (χ3n) is 4.68. The first-order valence-electron chi connectivity index (χ1n) is 8.47. The number of hydrogen-bond donors (Lipinski definition) is 1. The fourth-order valence-electron chi connectivity index (χ4n) is 3.49. The molecule has 0 amide bonds. The van der Waals surface area contributed by atoms with Crippen molar-refractivity contribution < 1.29 is 0 Å². The molecule has 0 bridgehead atoms. The van der Waals surface area contributed by atoms with Crippen molar-refractivity contribution in [3.05, 3.63) is 11.1 Å². The Balaban J connectivity index is 1.40. The van der Waals surface area contributed by atoms with Gasteiger partial charge in [-0.3, -0.25) is 4.90 Å². The summed E-state index contributed by atoms with van der Waals surface area (Å²) in [5.74, 6) is 0.929. The van der Waals surface area contributed by atoms with E-state index in [1.54, 1.807) is 11.3 Å². The largest absolute Gasteiger partial charge is 0.362 e. The summed E-state index contributed by atoms with van der Waals surface area (Å²) in [6.45, 7) is 10.7. The Morgan fingerprint density at radius 3 is 2.67 bits per heavy atom. The lowest BCUT2D eigenvalue weighted by molar-refractivity contribution is 0.149. The van der Waals surface area contributed by atoms with Crippen molar-refractivity contribution in [3.63, 3.8) is 0 Å². The average Bonchev–Trinajstić information content (AvgIpc) is 3.14. The van der Waals surface area contributed by atoms with Gasteiger partial charge in [0.1, 0.15) is 0 Å². The van der Waals surface area contributed by atoms with Gasteiger partial charge in [0.05, 0.1) is 0 Å². The Morgan fingerprint density at radius 1 is 1.19 bits per heavy atom. The third-order valence-corrected chi connectivity index (χ3v) is 5.62. The highest BCUT2D eigenvalue weighted by Gasteiger charge is 2.23.